The summed E-state index contributed by atoms with van der Waals surface area (Å²) in [5.74, 6) is -0.620. The predicted molar refractivity (Wildman–Crippen MR) is 79.6 cm³/mol. The normalized spacial score (nSPS) is 11.7. The van der Waals surface area contributed by atoms with Gasteiger partial charge in [0.2, 0.25) is 0 Å². The van der Waals surface area contributed by atoms with Crippen molar-refractivity contribution in [3.63, 3.8) is 0 Å². The van der Waals surface area contributed by atoms with Crippen LogP contribution in [-0.2, 0) is 10.0 Å². The van der Waals surface area contributed by atoms with Crippen LogP contribution in [0.5, 0.6) is 0 Å². The summed E-state index contributed by atoms with van der Waals surface area (Å²) in [6.07, 6.45) is 0. The number of nitrogens with zero attached hydrogens (tertiary/aromatic N) is 2. The van der Waals surface area contributed by atoms with Crippen LogP contribution in [0, 0.1) is 5.82 Å². The van der Waals surface area contributed by atoms with Crippen LogP contribution in [0.1, 0.15) is 0 Å². The molecule has 0 atom stereocenters. The summed E-state index contributed by atoms with van der Waals surface area (Å²) in [6, 6.07) is 8.26. The lowest BCUT2D eigenvalue weighted by atomic mass is 10.3. The SMILES string of the molecule is O=S(=O)(Nc1ccc(F)c(Cl)c1)c1cccc2nsnc12. The largest absolute Gasteiger partial charge is 0.280 e. The predicted octanol–water partition coefficient (Wildman–Crippen LogP) is 3.28. The molecular formula is C12H7ClFN3O2S2. The van der Waals surface area contributed by atoms with Crippen molar-refractivity contribution in [1.29, 1.82) is 0 Å². The van der Waals surface area contributed by atoms with E-state index in [-0.39, 0.29) is 15.6 Å². The number of hydrogen-bond donors (Lipinski definition) is 1. The summed E-state index contributed by atoms with van der Waals surface area (Å²) < 4.78 is 48.2. The minimum absolute atomic E-state index is 0.00852. The van der Waals surface area contributed by atoms with Crippen LogP contribution in [0.4, 0.5) is 10.1 Å². The molecule has 3 aromatic rings. The number of nitrogens with one attached hydrogen (secondary N) is 1. The van der Waals surface area contributed by atoms with E-state index >= 15 is 0 Å². The Morgan fingerprint density at radius 1 is 1.19 bits per heavy atom. The van der Waals surface area contributed by atoms with Crippen LogP contribution in [0.25, 0.3) is 11.0 Å². The molecule has 1 heterocycles. The zero-order chi connectivity index (χ0) is 15.0. The van der Waals surface area contributed by atoms with Crippen molar-refractivity contribution in [2.45, 2.75) is 4.90 Å². The molecule has 0 bridgehead atoms. The molecular weight excluding hydrogens is 337 g/mol. The maximum Gasteiger partial charge on any atom is 0.264 e. The highest BCUT2D eigenvalue weighted by atomic mass is 35.5. The number of rotatable bonds is 3. The van der Waals surface area contributed by atoms with Gasteiger partial charge in [-0.05, 0) is 30.3 Å². The number of anilines is 1. The highest BCUT2D eigenvalue weighted by Crippen LogP contribution is 2.25. The standard InChI is InChI=1S/C12H7ClFN3O2S2/c13-8-6-7(4-5-9(8)14)17-21(18,19)11-3-1-2-10-12(11)16-20-15-10/h1-6,17H. The summed E-state index contributed by atoms with van der Waals surface area (Å²) in [5.41, 5.74) is 0.963. The highest BCUT2D eigenvalue weighted by Gasteiger charge is 2.20. The molecule has 21 heavy (non-hydrogen) atoms. The van der Waals surface area contributed by atoms with Crippen LogP contribution >= 0.6 is 23.3 Å². The molecule has 108 valence electrons. The minimum Gasteiger partial charge on any atom is -0.280 e. The van der Waals surface area contributed by atoms with Crippen molar-refractivity contribution < 1.29 is 12.8 Å². The zero-order valence-electron chi connectivity index (χ0n) is 10.2. The number of hydrogen-bond acceptors (Lipinski definition) is 5. The van der Waals surface area contributed by atoms with E-state index in [2.05, 4.69) is 13.5 Å². The van der Waals surface area contributed by atoms with Gasteiger partial charge in [-0.25, -0.2) is 12.8 Å². The van der Waals surface area contributed by atoms with Gasteiger partial charge in [0.05, 0.1) is 22.4 Å². The summed E-state index contributed by atoms with van der Waals surface area (Å²) >= 11 is 6.57. The van der Waals surface area contributed by atoms with E-state index in [1.54, 1.807) is 12.1 Å². The van der Waals surface area contributed by atoms with Crippen LogP contribution in [0.2, 0.25) is 5.02 Å². The van der Waals surface area contributed by atoms with Crippen molar-refractivity contribution in [1.82, 2.24) is 8.75 Å². The molecule has 0 unspecified atom stereocenters. The van der Waals surface area contributed by atoms with Gasteiger partial charge in [-0.2, -0.15) is 8.75 Å². The second-order valence-corrected chi connectivity index (χ2v) is 6.71. The molecule has 0 aliphatic rings. The number of benzene rings is 2. The molecule has 0 spiro atoms. The number of fused-ring (bicyclic) bond motifs is 1. The molecule has 1 N–H and O–H groups in total. The van der Waals surface area contributed by atoms with E-state index in [1.165, 1.54) is 18.2 Å². The summed E-state index contributed by atoms with van der Waals surface area (Å²) in [4.78, 5) is 0.00852. The smallest absolute Gasteiger partial charge is 0.264 e. The van der Waals surface area contributed by atoms with Gasteiger partial charge in [-0.15, -0.1) is 0 Å². The Kier molecular flexibility index (Phi) is 3.52. The molecule has 0 saturated carbocycles. The second-order valence-electron chi connectivity index (χ2n) is 4.12. The first-order chi connectivity index (χ1) is 9.97. The maximum absolute atomic E-state index is 13.1. The van der Waals surface area contributed by atoms with Gasteiger partial charge >= 0.3 is 0 Å². The average Bonchev–Trinajstić information content (AvgIpc) is 2.90. The maximum atomic E-state index is 13.1. The second kappa shape index (κ2) is 5.21. The zero-order valence-corrected chi connectivity index (χ0v) is 12.6. The van der Waals surface area contributed by atoms with Gasteiger partial charge in [-0.1, -0.05) is 17.7 Å². The quantitative estimate of drug-likeness (QED) is 0.792. The first-order valence-corrected chi connectivity index (χ1v) is 8.26. The molecule has 2 aromatic carbocycles. The van der Waals surface area contributed by atoms with Gasteiger partial charge in [0, 0.05) is 0 Å². The van der Waals surface area contributed by atoms with E-state index in [9.17, 15) is 12.8 Å². The Morgan fingerprint density at radius 3 is 2.76 bits per heavy atom. The molecule has 1 aromatic heterocycles. The van der Waals surface area contributed by atoms with Gasteiger partial charge in [0.1, 0.15) is 21.7 Å². The monoisotopic (exact) mass is 343 g/mol. The van der Waals surface area contributed by atoms with E-state index in [1.807, 2.05) is 0 Å². The molecule has 0 fully saturated rings. The topological polar surface area (TPSA) is 72.0 Å². The number of aromatic nitrogens is 2. The molecule has 0 aliphatic carbocycles. The van der Waals surface area contributed by atoms with Crippen LogP contribution in [0.15, 0.2) is 41.3 Å². The van der Waals surface area contributed by atoms with E-state index in [4.69, 9.17) is 11.6 Å². The van der Waals surface area contributed by atoms with Crippen molar-refractivity contribution >= 4 is 50.1 Å². The van der Waals surface area contributed by atoms with E-state index < -0.39 is 15.8 Å². The third-order valence-corrected chi connectivity index (χ3v) is 4.96. The first kappa shape index (κ1) is 14.2. The lowest BCUT2D eigenvalue weighted by molar-refractivity contribution is 0.601. The fourth-order valence-corrected chi connectivity index (χ4v) is 3.77. The third kappa shape index (κ3) is 2.69. The Morgan fingerprint density at radius 2 is 2.00 bits per heavy atom. The molecule has 3 rings (SSSR count). The van der Waals surface area contributed by atoms with E-state index in [0.29, 0.717) is 11.0 Å². The van der Waals surface area contributed by atoms with Crippen LogP contribution in [-0.4, -0.2) is 17.2 Å². The Balaban J connectivity index is 2.04. The van der Waals surface area contributed by atoms with Crippen molar-refractivity contribution in [2.24, 2.45) is 0 Å². The lowest BCUT2D eigenvalue weighted by Crippen LogP contribution is -2.13. The van der Waals surface area contributed by atoms with Gasteiger partial charge in [0.25, 0.3) is 10.0 Å². The van der Waals surface area contributed by atoms with Gasteiger partial charge in [-0.3, -0.25) is 4.72 Å². The molecule has 5 nitrogen and oxygen atoms in total. The van der Waals surface area contributed by atoms with Crippen molar-refractivity contribution in [3.8, 4) is 0 Å². The van der Waals surface area contributed by atoms with Crippen molar-refractivity contribution in [2.75, 3.05) is 4.72 Å². The van der Waals surface area contributed by atoms with Gasteiger partial charge in [0.15, 0.2) is 0 Å². The highest BCUT2D eigenvalue weighted by molar-refractivity contribution is 7.93. The van der Waals surface area contributed by atoms with E-state index in [0.717, 1.165) is 17.8 Å². The third-order valence-electron chi connectivity index (χ3n) is 2.71. The molecule has 0 saturated heterocycles. The Labute approximate surface area is 128 Å². The average molecular weight is 344 g/mol. The first-order valence-electron chi connectivity index (χ1n) is 5.66. The Bertz CT molecular complexity index is 927. The lowest BCUT2D eigenvalue weighted by Gasteiger charge is -2.08. The molecule has 9 heteroatoms. The summed E-state index contributed by atoms with van der Waals surface area (Å²) in [6.45, 7) is 0. The summed E-state index contributed by atoms with van der Waals surface area (Å²) in [5, 5.41) is -0.163. The van der Waals surface area contributed by atoms with Gasteiger partial charge < -0.3 is 0 Å². The van der Waals surface area contributed by atoms with Crippen LogP contribution in [0.3, 0.4) is 0 Å². The number of sulfonamides is 1. The van der Waals surface area contributed by atoms with Crippen molar-refractivity contribution in [3.05, 3.63) is 47.2 Å². The fraction of sp³-hybridized carbons (Fsp3) is 0. The minimum atomic E-state index is -3.87. The number of halogens is 2. The molecule has 0 radical (unpaired) electrons. The fourth-order valence-electron chi connectivity index (χ4n) is 1.77. The Hall–Kier alpha value is -1.77. The molecule has 0 aliphatic heterocycles. The summed E-state index contributed by atoms with van der Waals surface area (Å²) in [7, 11) is -3.87. The molecule has 0 amide bonds. The van der Waals surface area contributed by atoms with Crippen LogP contribution < -0.4 is 4.72 Å².